The van der Waals surface area contributed by atoms with E-state index in [1.807, 2.05) is 32.0 Å². The van der Waals surface area contributed by atoms with E-state index in [0.717, 1.165) is 48.9 Å². The van der Waals surface area contributed by atoms with E-state index in [4.69, 9.17) is 0 Å². The quantitative estimate of drug-likeness (QED) is 0.776. The van der Waals surface area contributed by atoms with E-state index in [2.05, 4.69) is 10.6 Å². The second kappa shape index (κ2) is 6.08. The van der Waals surface area contributed by atoms with Crippen LogP contribution in [0.4, 0.5) is 5.69 Å². The van der Waals surface area contributed by atoms with Crippen molar-refractivity contribution in [3.8, 4) is 0 Å². The van der Waals surface area contributed by atoms with E-state index < -0.39 is 11.0 Å². The Morgan fingerprint density at radius 1 is 1.12 bits per heavy atom. The van der Waals surface area contributed by atoms with Gasteiger partial charge in [-0.15, -0.1) is 0 Å². The van der Waals surface area contributed by atoms with Crippen LogP contribution in [0.25, 0.3) is 0 Å². The number of hydrogen-bond donors (Lipinski definition) is 3. The van der Waals surface area contributed by atoms with Crippen LogP contribution in [0.2, 0.25) is 0 Å². The Morgan fingerprint density at radius 3 is 2.31 bits per heavy atom. The molecule has 5 heteroatoms. The molecular weight excluding hydrogens is 328 g/mol. The molecule has 1 aromatic rings. The zero-order valence-corrected chi connectivity index (χ0v) is 15.6. The molecule has 4 bridgehead atoms. The fraction of sp³-hybridized carbons (Fsp3) is 0.619. The second-order valence-electron chi connectivity index (χ2n) is 8.96. The Kier molecular flexibility index (Phi) is 4.10. The zero-order chi connectivity index (χ0) is 18.5. The van der Waals surface area contributed by atoms with Gasteiger partial charge in [-0.3, -0.25) is 9.59 Å². The highest BCUT2D eigenvalue weighted by molar-refractivity contribution is 5.96. The Labute approximate surface area is 154 Å². The first kappa shape index (κ1) is 17.5. The number of para-hydroxylation sites is 1. The maximum Gasteiger partial charge on any atom is 0.243 e. The van der Waals surface area contributed by atoms with Gasteiger partial charge < -0.3 is 15.7 Å². The first-order valence-electron chi connectivity index (χ1n) is 9.65. The third kappa shape index (κ3) is 3.02. The minimum absolute atomic E-state index is 0.0257. The molecule has 5 nitrogen and oxygen atoms in total. The summed E-state index contributed by atoms with van der Waals surface area (Å²) in [6.45, 7) is 3.89. The van der Waals surface area contributed by atoms with Gasteiger partial charge in [-0.05, 0) is 75.3 Å². The van der Waals surface area contributed by atoms with Crippen LogP contribution in [-0.4, -0.2) is 29.1 Å². The molecule has 4 fully saturated rings. The van der Waals surface area contributed by atoms with Gasteiger partial charge in [0.05, 0.1) is 17.6 Å². The van der Waals surface area contributed by atoms with E-state index in [9.17, 15) is 14.7 Å². The molecule has 5 rings (SSSR count). The number of nitrogens with one attached hydrogen (secondary N) is 2. The number of aliphatic hydroxyl groups is 1. The summed E-state index contributed by atoms with van der Waals surface area (Å²) in [7, 11) is 0. The minimum atomic E-state index is -0.665. The van der Waals surface area contributed by atoms with Gasteiger partial charge in [0.1, 0.15) is 0 Å². The van der Waals surface area contributed by atoms with Crippen molar-refractivity contribution >= 4 is 17.5 Å². The lowest BCUT2D eigenvalue weighted by atomic mass is 9.47. The number of carbonyl (C=O) groups excluding carboxylic acids is 2. The van der Waals surface area contributed by atoms with Gasteiger partial charge in [-0.2, -0.15) is 0 Å². The number of anilines is 1. The number of rotatable bonds is 4. The molecule has 0 radical (unpaired) electrons. The smallest absolute Gasteiger partial charge is 0.243 e. The molecule has 1 aromatic carbocycles. The summed E-state index contributed by atoms with van der Waals surface area (Å²) in [6, 6.07) is 5.87. The number of hydrogen-bond acceptors (Lipinski definition) is 3. The topological polar surface area (TPSA) is 78.4 Å². The lowest BCUT2D eigenvalue weighted by Gasteiger charge is -2.59. The standard InChI is InChI=1S/C21H28N2O3/c1-13-4-3-5-14(2)18(13)23-17(24)11-22-19(25)20-7-15-6-16(8-20)10-21(26,9-15)12-20/h3-5,15-16,26H,6-12H2,1-2H3,(H,22,25)(H,23,24)/t15-,16-,20?,21?/m0/s1. The number of aryl methyl sites for hydroxylation is 2. The highest BCUT2D eigenvalue weighted by Gasteiger charge is 2.60. The average molecular weight is 356 g/mol. The fourth-order valence-electron chi connectivity index (χ4n) is 6.02. The monoisotopic (exact) mass is 356 g/mol. The second-order valence-corrected chi connectivity index (χ2v) is 8.96. The molecule has 0 aromatic heterocycles. The van der Waals surface area contributed by atoms with Gasteiger partial charge >= 0.3 is 0 Å². The first-order chi connectivity index (χ1) is 12.3. The molecule has 2 atom stereocenters. The molecule has 3 N–H and O–H groups in total. The zero-order valence-electron chi connectivity index (χ0n) is 15.6. The van der Waals surface area contributed by atoms with Crippen molar-refractivity contribution in [2.45, 2.75) is 58.0 Å². The van der Waals surface area contributed by atoms with Crippen LogP contribution in [0, 0.1) is 31.1 Å². The van der Waals surface area contributed by atoms with Crippen LogP contribution in [0.1, 0.15) is 49.7 Å². The fourth-order valence-corrected chi connectivity index (χ4v) is 6.02. The van der Waals surface area contributed by atoms with Crippen molar-refractivity contribution in [3.63, 3.8) is 0 Å². The molecule has 0 aliphatic heterocycles. The van der Waals surface area contributed by atoms with Crippen molar-refractivity contribution in [1.82, 2.24) is 5.32 Å². The van der Waals surface area contributed by atoms with Crippen LogP contribution in [-0.2, 0) is 9.59 Å². The summed E-state index contributed by atoms with van der Waals surface area (Å²) < 4.78 is 0. The van der Waals surface area contributed by atoms with E-state index in [1.54, 1.807) is 0 Å². The summed E-state index contributed by atoms with van der Waals surface area (Å²) >= 11 is 0. The molecule has 4 saturated carbocycles. The van der Waals surface area contributed by atoms with Crippen molar-refractivity contribution in [3.05, 3.63) is 29.3 Å². The Balaban J connectivity index is 1.39. The van der Waals surface area contributed by atoms with Gasteiger partial charge in [-0.25, -0.2) is 0 Å². The van der Waals surface area contributed by atoms with E-state index >= 15 is 0 Å². The largest absolute Gasteiger partial charge is 0.390 e. The third-order valence-electron chi connectivity index (χ3n) is 6.67. The predicted molar refractivity (Wildman–Crippen MR) is 99.6 cm³/mol. The molecule has 4 aliphatic rings. The molecule has 0 heterocycles. The Hall–Kier alpha value is -1.88. The van der Waals surface area contributed by atoms with Gasteiger partial charge in [0, 0.05) is 5.69 Å². The maximum absolute atomic E-state index is 12.9. The summed E-state index contributed by atoms with van der Waals surface area (Å²) in [5.74, 6) is 0.645. The van der Waals surface area contributed by atoms with E-state index in [0.29, 0.717) is 18.3 Å². The minimum Gasteiger partial charge on any atom is -0.390 e. The SMILES string of the molecule is Cc1cccc(C)c1NC(=O)CNC(=O)C12C[C@@H]3C[C@H](CC(O)(C3)C1)C2. The molecule has 4 aliphatic carbocycles. The van der Waals surface area contributed by atoms with E-state index in [-0.39, 0.29) is 18.4 Å². The Bertz CT molecular complexity index is 723. The van der Waals surface area contributed by atoms with Crippen molar-refractivity contribution in [1.29, 1.82) is 0 Å². The summed E-state index contributed by atoms with van der Waals surface area (Å²) in [4.78, 5) is 25.3. The van der Waals surface area contributed by atoms with Crippen LogP contribution < -0.4 is 10.6 Å². The lowest BCUT2D eigenvalue weighted by Crippen LogP contribution is -2.60. The molecule has 2 amide bonds. The van der Waals surface area contributed by atoms with Crippen LogP contribution in [0.3, 0.4) is 0 Å². The number of carbonyl (C=O) groups is 2. The molecule has 0 spiro atoms. The summed E-state index contributed by atoms with van der Waals surface area (Å²) in [5.41, 5.74) is 1.69. The predicted octanol–water partition coefficient (Wildman–Crippen LogP) is 2.69. The van der Waals surface area contributed by atoms with Gasteiger partial charge in [0.15, 0.2) is 0 Å². The van der Waals surface area contributed by atoms with Gasteiger partial charge in [0.2, 0.25) is 11.8 Å². The summed E-state index contributed by atoms with van der Waals surface area (Å²) in [5, 5.41) is 16.6. The van der Waals surface area contributed by atoms with E-state index in [1.165, 1.54) is 0 Å². The summed E-state index contributed by atoms with van der Waals surface area (Å²) in [6.07, 6.45) is 5.09. The molecule has 26 heavy (non-hydrogen) atoms. The molecular formula is C21H28N2O3. The molecule has 0 unspecified atom stereocenters. The van der Waals surface area contributed by atoms with Crippen LogP contribution in [0.15, 0.2) is 18.2 Å². The van der Waals surface area contributed by atoms with Crippen molar-refractivity contribution < 1.29 is 14.7 Å². The van der Waals surface area contributed by atoms with Crippen molar-refractivity contribution in [2.24, 2.45) is 17.3 Å². The molecule has 0 saturated heterocycles. The van der Waals surface area contributed by atoms with Crippen molar-refractivity contribution in [2.75, 3.05) is 11.9 Å². The average Bonchev–Trinajstić information content (AvgIpc) is 2.54. The highest BCUT2D eigenvalue weighted by atomic mass is 16.3. The molecule has 140 valence electrons. The Morgan fingerprint density at radius 2 is 1.73 bits per heavy atom. The van der Waals surface area contributed by atoms with Crippen LogP contribution in [0.5, 0.6) is 0 Å². The van der Waals surface area contributed by atoms with Crippen LogP contribution >= 0.6 is 0 Å². The normalized spacial score (nSPS) is 34.6. The number of amides is 2. The third-order valence-corrected chi connectivity index (χ3v) is 6.67. The maximum atomic E-state index is 12.9. The lowest BCUT2D eigenvalue weighted by molar-refractivity contribution is -0.178. The van der Waals surface area contributed by atoms with Gasteiger partial charge in [-0.1, -0.05) is 18.2 Å². The first-order valence-corrected chi connectivity index (χ1v) is 9.65. The van der Waals surface area contributed by atoms with Gasteiger partial charge in [0.25, 0.3) is 0 Å². The number of benzene rings is 1. The highest BCUT2D eigenvalue weighted by Crippen LogP contribution is 2.61.